The van der Waals surface area contributed by atoms with Crippen molar-refractivity contribution in [3.8, 4) is 5.69 Å². The Morgan fingerprint density at radius 3 is 2.74 bits per heavy atom. The zero-order valence-corrected chi connectivity index (χ0v) is 13.3. The number of hydrogen-bond acceptors (Lipinski definition) is 2. The summed E-state index contributed by atoms with van der Waals surface area (Å²) in [4.78, 5) is 3.23. The molecule has 6 heteroatoms. The monoisotopic (exact) mass is 336 g/mol. The van der Waals surface area contributed by atoms with Gasteiger partial charge in [-0.3, -0.25) is 4.57 Å². The molecule has 1 aromatic carbocycles. The highest BCUT2D eigenvalue weighted by Crippen LogP contribution is 2.27. The van der Waals surface area contributed by atoms with E-state index in [1.807, 2.05) is 23.2 Å². The number of aromatic nitrogens is 4. The number of benzene rings is 1. The Balaban J connectivity index is 2.42. The van der Waals surface area contributed by atoms with E-state index in [2.05, 4.69) is 51.1 Å². The number of fused-ring (bicyclic) bond motifs is 1. The van der Waals surface area contributed by atoms with E-state index < -0.39 is 0 Å². The van der Waals surface area contributed by atoms with E-state index in [1.54, 1.807) is 0 Å². The quantitative estimate of drug-likeness (QED) is 0.686. The minimum Gasteiger partial charge on any atom is -0.327 e. The van der Waals surface area contributed by atoms with Crippen molar-refractivity contribution < 1.29 is 0 Å². The second-order valence-electron chi connectivity index (χ2n) is 4.63. The summed E-state index contributed by atoms with van der Waals surface area (Å²) in [6.07, 6.45) is 0. The van der Waals surface area contributed by atoms with Crippen LogP contribution in [0.3, 0.4) is 0 Å². The Morgan fingerprint density at radius 1 is 1.32 bits per heavy atom. The molecule has 0 aliphatic carbocycles. The molecule has 0 unspecified atom stereocenters. The lowest BCUT2D eigenvalue weighted by atomic mass is 10.2. The molecule has 0 amide bonds. The van der Waals surface area contributed by atoms with E-state index in [0.29, 0.717) is 4.77 Å². The maximum Gasteiger partial charge on any atom is 0.184 e. The number of aromatic amines is 1. The third-order valence-electron chi connectivity index (χ3n) is 3.18. The van der Waals surface area contributed by atoms with Crippen molar-refractivity contribution in [3.05, 3.63) is 38.7 Å². The van der Waals surface area contributed by atoms with Crippen molar-refractivity contribution in [1.82, 2.24) is 19.3 Å². The molecule has 3 aromatic rings. The van der Waals surface area contributed by atoms with E-state index in [0.717, 1.165) is 27.0 Å². The first-order chi connectivity index (χ1) is 8.99. The molecule has 0 aliphatic heterocycles. The van der Waals surface area contributed by atoms with Crippen LogP contribution in [-0.4, -0.2) is 19.3 Å². The molecular formula is C13H13BrN4S. The molecule has 0 saturated heterocycles. The van der Waals surface area contributed by atoms with Crippen LogP contribution in [0, 0.1) is 18.6 Å². The van der Waals surface area contributed by atoms with Gasteiger partial charge in [-0.05, 0) is 59.7 Å². The predicted octanol–water partition coefficient (Wildman–Crippen LogP) is 3.80. The molecule has 0 radical (unpaired) electrons. The molecule has 0 atom stereocenters. The molecule has 2 heterocycles. The Labute approximate surface area is 124 Å². The summed E-state index contributed by atoms with van der Waals surface area (Å²) in [5.41, 5.74) is 5.14. The molecule has 4 nitrogen and oxygen atoms in total. The van der Waals surface area contributed by atoms with Crippen molar-refractivity contribution in [1.29, 1.82) is 0 Å². The summed E-state index contributed by atoms with van der Waals surface area (Å²) in [7, 11) is 1.93. The fraction of sp³-hybridized carbons (Fsp3) is 0.231. The van der Waals surface area contributed by atoms with Gasteiger partial charge in [0, 0.05) is 11.5 Å². The van der Waals surface area contributed by atoms with Gasteiger partial charge in [-0.25, -0.2) is 4.68 Å². The third kappa shape index (κ3) is 1.86. The van der Waals surface area contributed by atoms with Crippen molar-refractivity contribution >= 4 is 39.3 Å². The second kappa shape index (κ2) is 4.31. The van der Waals surface area contributed by atoms with E-state index in [9.17, 15) is 0 Å². The van der Waals surface area contributed by atoms with Crippen LogP contribution < -0.4 is 0 Å². The Kier molecular flexibility index (Phi) is 2.87. The number of halogens is 1. The standard InChI is InChI=1S/C13H13BrN4S/c1-7-4-5-10(9(14)6-7)18-12-11(15-13(18)19)8(2)16-17(12)3/h4-6H,1-3H3,(H,15,19). The molecule has 98 valence electrons. The van der Waals surface area contributed by atoms with Crippen molar-refractivity contribution in [2.24, 2.45) is 7.05 Å². The lowest BCUT2D eigenvalue weighted by Gasteiger charge is -2.08. The molecule has 1 N–H and O–H groups in total. The fourth-order valence-electron chi connectivity index (χ4n) is 2.32. The minimum absolute atomic E-state index is 0.677. The van der Waals surface area contributed by atoms with Crippen LogP contribution in [-0.2, 0) is 7.05 Å². The van der Waals surface area contributed by atoms with Gasteiger partial charge in [0.1, 0.15) is 5.52 Å². The summed E-state index contributed by atoms with van der Waals surface area (Å²) in [6, 6.07) is 6.22. The van der Waals surface area contributed by atoms with E-state index in [4.69, 9.17) is 12.2 Å². The van der Waals surface area contributed by atoms with Crippen LogP contribution in [0.4, 0.5) is 0 Å². The zero-order valence-electron chi connectivity index (χ0n) is 10.9. The van der Waals surface area contributed by atoms with Crippen LogP contribution in [0.2, 0.25) is 0 Å². The van der Waals surface area contributed by atoms with Gasteiger partial charge >= 0.3 is 0 Å². The summed E-state index contributed by atoms with van der Waals surface area (Å²) in [5, 5.41) is 4.43. The average molecular weight is 337 g/mol. The molecule has 0 saturated carbocycles. The molecule has 0 bridgehead atoms. The normalized spacial score (nSPS) is 11.4. The van der Waals surface area contributed by atoms with Crippen molar-refractivity contribution in [2.45, 2.75) is 13.8 Å². The lowest BCUT2D eigenvalue weighted by Crippen LogP contribution is -2.01. The lowest BCUT2D eigenvalue weighted by molar-refractivity contribution is 0.759. The van der Waals surface area contributed by atoms with Crippen LogP contribution in [0.5, 0.6) is 0 Å². The first-order valence-corrected chi connectivity index (χ1v) is 7.10. The molecule has 2 aromatic heterocycles. The molecule has 0 fully saturated rings. The maximum absolute atomic E-state index is 5.45. The Morgan fingerprint density at radius 2 is 2.05 bits per heavy atom. The predicted molar refractivity (Wildman–Crippen MR) is 82.4 cm³/mol. The van der Waals surface area contributed by atoms with E-state index in [1.165, 1.54) is 5.56 Å². The summed E-state index contributed by atoms with van der Waals surface area (Å²) < 4.78 is 5.55. The summed E-state index contributed by atoms with van der Waals surface area (Å²) in [5.74, 6) is 0. The number of rotatable bonds is 1. The summed E-state index contributed by atoms with van der Waals surface area (Å²) >= 11 is 9.05. The van der Waals surface area contributed by atoms with Gasteiger partial charge in [0.15, 0.2) is 10.4 Å². The molecular weight excluding hydrogens is 324 g/mol. The van der Waals surface area contributed by atoms with Gasteiger partial charge in [0.2, 0.25) is 0 Å². The highest BCUT2D eigenvalue weighted by atomic mass is 79.9. The van der Waals surface area contributed by atoms with Crippen LogP contribution >= 0.6 is 28.1 Å². The van der Waals surface area contributed by atoms with Crippen molar-refractivity contribution in [2.75, 3.05) is 0 Å². The maximum atomic E-state index is 5.45. The topological polar surface area (TPSA) is 38.5 Å². The van der Waals surface area contributed by atoms with Crippen molar-refractivity contribution in [3.63, 3.8) is 0 Å². The van der Waals surface area contributed by atoms with Crippen LogP contribution in [0.25, 0.3) is 16.9 Å². The smallest absolute Gasteiger partial charge is 0.184 e. The highest BCUT2D eigenvalue weighted by Gasteiger charge is 2.15. The number of nitrogens with zero attached hydrogens (tertiary/aromatic N) is 3. The Bertz CT molecular complexity index is 840. The van der Waals surface area contributed by atoms with E-state index in [-0.39, 0.29) is 0 Å². The largest absolute Gasteiger partial charge is 0.327 e. The number of H-pyrrole nitrogens is 1. The minimum atomic E-state index is 0.677. The molecule has 0 spiro atoms. The highest BCUT2D eigenvalue weighted by molar-refractivity contribution is 9.10. The zero-order chi connectivity index (χ0) is 13.7. The first kappa shape index (κ1) is 12.6. The van der Waals surface area contributed by atoms with E-state index >= 15 is 0 Å². The van der Waals surface area contributed by atoms with Gasteiger partial charge in [-0.1, -0.05) is 6.07 Å². The van der Waals surface area contributed by atoms with Crippen LogP contribution in [0.1, 0.15) is 11.3 Å². The Hall–Kier alpha value is -1.40. The number of hydrogen-bond donors (Lipinski definition) is 1. The van der Waals surface area contributed by atoms with Crippen LogP contribution in [0.15, 0.2) is 22.7 Å². The van der Waals surface area contributed by atoms with Gasteiger partial charge in [-0.15, -0.1) is 0 Å². The summed E-state index contributed by atoms with van der Waals surface area (Å²) in [6.45, 7) is 4.04. The SMILES string of the molecule is Cc1ccc(-n2c(=S)[nH]c3c(C)nn(C)c32)c(Br)c1. The molecule has 0 aliphatic rings. The molecule has 19 heavy (non-hydrogen) atoms. The average Bonchev–Trinajstić information content (AvgIpc) is 2.79. The molecule has 3 rings (SSSR count). The van der Waals surface area contributed by atoms with Gasteiger partial charge < -0.3 is 4.98 Å². The second-order valence-corrected chi connectivity index (χ2v) is 5.87. The van der Waals surface area contributed by atoms with Gasteiger partial charge in [0.25, 0.3) is 0 Å². The number of aryl methyl sites for hydroxylation is 3. The van der Waals surface area contributed by atoms with Gasteiger partial charge in [0.05, 0.1) is 11.4 Å². The first-order valence-electron chi connectivity index (χ1n) is 5.90. The van der Waals surface area contributed by atoms with Gasteiger partial charge in [-0.2, -0.15) is 5.10 Å². The third-order valence-corrected chi connectivity index (χ3v) is 4.10. The number of imidazole rings is 1. The fourth-order valence-corrected chi connectivity index (χ4v) is 3.28. The number of nitrogens with one attached hydrogen (secondary N) is 1.